The van der Waals surface area contributed by atoms with Crippen molar-refractivity contribution in [2.24, 2.45) is 11.5 Å². The van der Waals surface area contributed by atoms with Gasteiger partial charge in [-0.1, -0.05) is 0 Å². The van der Waals surface area contributed by atoms with Crippen LogP contribution in [-0.4, -0.2) is 63.9 Å². The molecule has 0 aliphatic heterocycles. The fourth-order valence-electron chi connectivity index (χ4n) is 3.10. The van der Waals surface area contributed by atoms with E-state index >= 15 is 0 Å². The van der Waals surface area contributed by atoms with Crippen LogP contribution in [0.5, 0.6) is 11.5 Å². The number of carbonyl (C=O) groups is 4. The zero-order valence-corrected chi connectivity index (χ0v) is 24.7. The van der Waals surface area contributed by atoms with E-state index in [1.165, 1.54) is 48.5 Å². The second-order valence-electron chi connectivity index (χ2n) is 8.94. The minimum atomic E-state index is -0.986. The SMILES string of the molecule is NC(=O)c1cc([N+](=O)[O-])cc([N+](=O)[O-])c1.NC(=O)c1cc([N+](=O)[O-])cc([N+](=O)[O-])c1.O=C(O)c1ccc(O)cc1.O=C(O)c1ccc(O)cc1. The molecule has 4 aromatic carbocycles. The molecule has 0 fully saturated rings. The molecule has 22 heteroatoms. The van der Waals surface area contributed by atoms with E-state index in [0.29, 0.717) is 0 Å². The van der Waals surface area contributed by atoms with Crippen molar-refractivity contribution in [3.05, 3.63) is 148 Å². The summed E-state index contributed by atoms with van der Waals surface area (Å²) < 4.78 is 0. The molecule has 0 bridgehead atoms. The second-order valence-corrected chi connectivity index (χ2v) is 8.94. The summed E-state index contributed by atoms with van der Waals surface area (Å²) in [5, 5.41) is 75.8. The van der Waals surface area contributed by atoms with Crippen LogP contribution >= 0.6 is 0 Å². The maximum Gasteiger partial charge on any atom is 0.335 e. The molecular formula is C28H22N6O16. The molecule has 50 heavy (non-hydrogen) atoms. The Morgan fingerprint density at radius 2 is 0.660 bits per heavy atom. The Hall–Kier alpha value is -8.04. The number of carboxylic acids is 2. The Morgan fingerprint density at radius 1 is 0.440 bits per heavy atom. The van der Waals surface area contributed by atoms with Gasteiger partial charge < -0.3 is 31.9 Å². The maximum atomic E-state index is 10.7. The fourth-order valence-corrected chi connectivity index (χ4v) is 3.10. The van der Waals surface area contributed by atoms with Crippen LogP contribution in [0, 0.1) is 40.5 Å². The number of amides is 2. The van der Waals surface area contributed by atoms with Crippen molar-refractivity contribution >= 4 is 46.5 Å². The number of nitrogens with zero attached hydrogens (tertiary/aromatic N) is 4. The lowest BCUT2D eigenvalue weighted by Gasteiger charge is -1.96. The summed E-state index contributed by atoms with van der Waals surface area (Å²) >= 11 is 0. The normalized spacial score (nSPS) is 9.44. The lowest BCUT2D eigenvalue weighted by Crippen LogP contribution is -2.11. The van der Waals surface area contributed by atoms with Gasteiger partial charge >= 0.3 is 11.9 Å². The van der Waals surface area contributed by atoms with Gasteiger partial charge in [-0.15, -0.1) is 0 Å². The van der Waals surface area contributed by atoms with E-state index < -0.39 is 66.2 Å². The number of nitro groups is 4. The molecule has 0 saturated heterocycles. The lowest BCUT2D eigenvalue weighted by molar-refractivity contribution is -0.394. The van der Waals surface area contributed by atoms with Gasteiger partial charge in [-0.2, -0.15) is 0 Å². The third-order valence-corrected chi connectivity index (χ3v) is 5.45. The molecule has 2 amide bonds. The summed E-state index contributed by atoms with van der Waals surface area (Å²) in [5.41, 5.74) is 7.38. The molecule has 0 spiro atoms. The Bertz CT molecular complexity index is 1650. The number of nitrogens with two attached hydrogens (primary N) is 2. The molecule has 22 nitrogen and oxygen atoms in total. The first-order valence-electron chi connectivity index (χ1n) is 12.8. The van der Waals surface area contributed by atoms with Crippen molar-refractivity contribution < 1.29 is 59.3 Å². The standard InChI is InChI=1S/2C7H5N3O5.2C7H6O3/c2*8-7(11)4-1-5(9(12)13)3-6(2-4)10(14)15;2*8-6-3-1-5(2-4-6)7(9)10/h2*1-3H,(H2,8,11);2*1-4,8H,(H,9,10). The van der Waals surface area contributed by atoms with Gasteiger partial charge in [0, 0.05) is 24.3 Å². The number of aromatic hydroxyl groups is 2. The number of nitro benzene ring substituents is 4. The number of phenolic OH excluding ortho intramolecular Hbond substituents is 2. The minimum absolute atomic E-state index is 0.0741. The van der Waals surface area contributed by atoms with E-state index in [4.69, 9.17) is 31.9 Å². The number of primary amides is 2. The summed E-state index contributed by atoms with van der Waals surface area (Å²) in [6.45, 7) is 0. The van der Waals surface area contributed by atoms with Gasteiger partial charge in [0.05, 0.1) is 54.1 Å². The molecule has 4 aromatic rings. The molecule has 0 atom stereocenters. The van der Waals surface area contributed by atoms with Crippen LogP contribution in [0.15, 0.2) is 84.9 Å². The van der Waals surface area contributed by atoms with Gasteiger partial charge in [-0.25, -0.2) is 9.59 Å². The number of carboxylic acid groups (broad SMARTS) is 2. The van der Waals surface area contributed by atoms with E-state index in [1.807, 2.05) is 0 Å². The molecule has 0 heterocycles. The number of phenols is 2. The highest BCUT2D eigenvalue weighted by molar-refractivity contribution is 5.94. The van der Waals surface area contributed by atoms with Crippen LogP contribution in [0.2, 0.25) is 0 Å². The maximum absolute atomic E-state index is 10.7. The smallest absolute Gasteiger partial charge is 0.335 e. The molecule has 8 N–H and O–H groups in total. The zero-order valence-electron chi connectivity index (χ0n) is 24.7. The average Bonchev–Trinajstić information content (AvgIpc) is 3.05. The number of hydrogen-bond acceptors (Lipinski definition) is 14. The summed E-state index contributed by atoms with van der Waals surface area (Å²) in [6, 6.07) is 15.8. The number of hydrogen-bond donors (Lipinski definition) is 6. The molecule has 0 aliphatic carbocycles. The molecule has 0 aliphatic rings. The summed E-state index contributed by atoms with van der Waals surface area (Å²) in [6.07, 6.45) is 0. The summed E-state index contributed by atoms with van der Waals surface area (Å²) in [4.78, 5) is 80.1. The Balaban J connectivity index is 0.000000339. The van der Waals surface area contributed by atoms with Crippen molar-refractivity contribution in [3.63, 3.8) is 0 Å². The predicted molar refractivity (Wildman–Crippen MR) is 167 cm³/mol. The molecule has 0 aromatic heterocycles. The molecule has 0 radical (unpaired) electrons. The van der Waals surface area contributed by atoms with E-state index in [9.17, 15) is 59.6 Å². The number of rotatable bonds is 8. The van der Waals surface area contributed by atoms with Crippen molar-refractivity contribution in [3.8, 4) is 11.5 Å². The second kappa shape index (κ2) is 18.2. The summed E-state index contributed by atoms with van der Waals surface area (Å²) in [5.74, 6) is -3.74. The van der Waals surface area contributed by atoms with Gasteiger partial charge in [-0.05, 0) is 48.5 Å². The van der Waals surface area contributed by atoms with Crippen molar-refractivity contribution in [2.45, 2.75) is 0 Å². The molecule has 0 unspecified atom stereocenters. The highest BCUT2D eigenvalue weighted by atomic mass is 16.6. The van der Waals surface area contributed by atoms with Crippen LogP contribution in [0.1, 0.15) is 41.4 Å². The quantitative estimate of drug-likeness (QED) is 0.113. The molecule has 260 valence electrons. The third kappa shape index (κ3) is 13.1. The van der Waals surface area contributed by atoms with Gasteiger partial charge in [0.1, 0.15) is 11.5 Å². The van der Waals surface area contributed by atoms with Crippen molar-refractivity contribution in [1.82, 2.24) is 0 Å². The molecule has 0 saturated carbocycles. The first kappa shape index (κ1) is 40.0. The van der Waals surface area contributed by atoms with E-state index in [2.05, 4.69) is 0 Å². The number of benzene rings is 4. The topological polar surface area (TPSA) is 374 Å². The predicted octanol–water partition coefficient (Wildman–Crippen LogP) is 3.38. The number of aromatic carboxylic acids is 2. The molecule has 4 rings (SSSR count). The summed E-state index contributed by atoms with van der Waals surface area (Å²) in [7, 11) is 0. The first-order valence-corrected chi connectivity index (χ1v) is 12.8. The van der Waals surface area contributed by atoms with Crippen molar-refractivity contribution in [1.29, 1.82) is 0 Å². The van der Waals surface area contributed by atoms with E-state index in [1.54, 1.807) is 0 Å². The van der Waals surface area contributed by atoms with Gasteiger partial charge in [0.2, 0.25) is 11.8 Å². The monoisotopic (exact) mass is 698 g/mol. The first-order chi connectivity index (χ1) is 23.2. The third-order valence-electron chi connectivity index (χ3n) is 5.45. The number of carbonyl (C=O) groups excluding carboxylic acids is 2. The highest BCUT2D eigenvalue weighted by Crippen LogP contribution is 2.23. The van der Waals surface area contributed by atoms with Crippen LogP contribution in [0.25, 0.3) is 0 Å². The van der Waals surface area contributed by atoms with E-state index in [0.717, 1.165) is 36.4 Å². The Kier molecular flexibility index (Phi) is 14.5. The highest BCUT2D eigenvalue weighted by Gasteiger charge is 2.19. The van der Waals surface area contributed by atoms with E-state index in [-0.39, 0.29) is 33.8 Å². The largest absolute Gasteiger partial charge is 0.508 e. The van der Waals surface area contributed by atoms with Gasteiger partial charge in [0.15, 0.2) is 0 Å². The zero-order chi connectivity index (χ0) is 38.3. The number of non-ortho nitro benzene ring substituents is 4. The lowest BCUT2D eigenvalue weighted by atomic mass is 10.1. The van der Waals surface area contributed by atoms with Gasteiger partial charge in [-0.3, -0.25) is 50.0 Å². The minimum Gasteiger partial charge on any atom is -0.508 e. The van der Waals surface area contributed by atoms with Gasteiger partial charge in [0.25, 0.3) is 22.7 Å². The molecular weight excluding hydrogens is 676 g/mol. The van der Waals surface area contributed by atoms with Crippen LogP contribution in [0.3, 0.4) is 0 Å². The van der Waals surface area contributed by atoms with Crippen LogP contribution in [-0.2, 0) is 0 Å². The van der Waals surface area contributed by atoms with Crippen LogP contribution < -0.4 is 11.5 Å². The average molecular weight is 699 g/mol. The van der Waals surface area contributed by atoms with Crippen LogP contribution in [0.4, 0.5) is 22.7 Å². The Morgan fingerprint density at radius 3 is 0.820 bits per heavy atom. The Labute approximate surface area is 276 Å². The van der Waals surface area contributed by atoms with Crippen molar-refractivity contribution in [2.75, 3.05) is 0 Å². The fraction of sp³-hybridized carbons (Fsp3) is 0.